The number of amides is 2. The van der Waals surface area contributed by atoms with Crippen molar-refractivity contribution in [2.75, 3.05) is 20.1 Å². The van der Waals surface area contributed by atoms with Crippen LogP contribution >= 0.6 is 0 Å². The van der Waals surface area contributed by atoms with Gasteiger partial charge in [-0.25, -0.2) is 0 Å². The number of hydrogen-bond donors (Lipinski definition) is 2. The third kappa shape index (κ3) is 3.72. The molecule has 2 saturated heterocycles. The Bertz CT molecular complexity index is 561. The van der Waals surface area contributed by atoms with Crippen LogP contribution in [0.4, 0.5) is 0 Å². The highest BCUT2D eigenvalue weighted by Crippen LogP contribution is 2.34. The smallest absolute Gasteiger partial charge is 0.242 e. The Hall–Kier alpha value is -1.88. The largest absolute Gasteiger partial charge is 0.354 e. The third-order valence-corrected chi connectivity index (χ3v) is 5.00. The number of piperidine rings is 1. The molecule has 2 aliphatic heterocycles. The highest BCUT2D eigenvalue weighted by atomic mass is 16.2. The second-order valence-electron chi connectivity index (χ2n) is 6.64. The predicted molar refractivity (Wildman–Crippen MR) is 88.7 cm³/mol. The summed E-state index contributed by atoms with van der Waals surface area (Å²) in [6.45, 7) is 1.75. The minimum atomic E-state index is -0.348. The second-order valence-corrected chi connectivity index (χ2v) is 6.64. The van der Waals surface area contributed by atoms with Gasteiger partial charge in [0.2, 0.25) is 11.8 Å². The van der Waals surface area contributed by atoms with Gasteiger partial charge in [0.05, 0.1) is 0 Å². The zero-order valence-corrected chi connectivity index (χ0v) is 13.6. The molecule has 0 bridgehead atoms. The Morgan fingerprint density at radius 2 is 2.09 bits per heavy atom. The van der Waals surface area contributed by atoms with Gasteiger partial charge in [-0.1, -0.05) is 30.3 Å². The number of hydrogen-bond acceptors (Lipinski definition) is 3. The molecule has 3 atom stereocenters. The van der Waals surface area contributed by atoms with Gasteiger partial charge in [0.15, 0.2) is 0 Å². The van der Waals surface area contributed by atoms with Gasteiger partial charge in [0.1, 0.15) is 6.04 Å². The summed E-state index contributed by atoms with van der Waals surface area (Å²) in [6, 6.07) is 10.5. The zero-order valence-electron chi connectivity index (χ0n) is 13.6. The molecule has 1 aromatic rings. The van der Waals surface area contributed by atoms with E-state index in [2.05, 4.69) is 46.8 Å². The average Bonchev–Trinajstić information content (AvgIpc) is 3.00. The van der Waals surface area contributed by atoms with Gasteiger partial charge in [-0.3, -0.25) is 14.5 Å². The van der Waals surface area contributed by atoms with Gasteiger partial charge in [-0.05, 0) is 44.3 Å². The molecule has 2 N–H and O–H groups in total. The number of carbonyl (C=O) groups is 2. The van der Waals surface area contributed by atoms with Crippen LogP contribution in [0.2, 0.25) is 0 Å². The molecule has 2 fully saturated rings. The lowest BCUT2D eigenvalue weighted by atomic mass is 9.85. The molecule has 3 rings (SSSR count). The molecule has 0 aromatic heterocycles. The number of nitrogens with zero attached hydrogens (tertiary/aromatic N) is 1. The highest BCUT2D eigenvalue weighted by Gasteiger charge is 2.32. The van der Waals surface area contributed by atoms with Crippen LogP contribution in [0, 0.1) is 5.92 Å². The topological polar surface area (TPSA) is 61.4 Å². The molecule has 0 spiro atoms. The van der Waals surface area contributed by atoms with E-state index in [1.807, 2.05) is 6.07 Å². The number of benzene rings is 1. The average molecular weight is 315 g/mol. The van der Waals surface area contributed by atoms with Crippen molar-refractivity contribution in [1.82, 2.24) is 15.5 Å². The molecule has 5 heteroatoms. The summed E-state index contributed by atoms with van der Waals surface area (Å²) < 4.78 is 0. The quantitative estimate of drug-likeness (QED) is 0.884. The predicted octanol–water partition coefficient (Wildman–Crippen LogP) is 1.46. The first-order valence-electron chi connectivity index (χ1n) is 8.47. The van der Waals surface area contributed by atoms with Crippen LogP contribution in [0.15, 0.2) is 30.3 Å². The minimum Gasteiger partial charge on any atom is -0.354 e. The van der Waals surface area contributed by atoms with Crippen LogP contribution in [-0.2, 0) is 9.59 Å². The summed E-state index contributed by atoms with van der Waals surface area (Å²) >= 11 is 0. The number of rotatable bonds is 4. The molecular weight excluding hydrogens is 290 g/mol. The summed E-state index contributed by atoms with van der Waals surface area (Å²) in [7, 11) is 2.16. The number of likely N-dealkylation sites (tertiary alicyclic amines) is 1. The molecule has 0 aliphatic carbocycles. The fraction of sp³-hybridized carbons (Fsp3) is 0.556. The SMILES string of the molecule is CN1CCC[C@H](CNC(=O)[C@@H]2CCC(=O)N2)[C@H]1c1ccccc1. The van der Waals surface area contributed by atoms with Gasteiger partial charge >= 0.3 is 0 Å². The normalized spacial score (nSPS) is 28.4. The summed E-state index contributed by atoms with van der Waals surface area (Å²) in [5.41, 5.74) is 1.31. The van der Waals surface area contributed by atoms with Crippen LogP contribution in [-0.4, -0.2) is 42.9 Å². The maximum Gasteiger partial charge on any atom is 0.242 e. The maximum atomic E-state index is 12.2. The van der Waals surface area contributed by atoms with Crippen LogP contribution in [0.5, 0.6) is 0 Å². The van der Waals surface area contributed by atoms with Crippen molar-refractivity contribution >= 4 is 11.8 Å². The zero-order chi connectivity index (χ0) is 16.2. The van der Waals surface area contributed by atoms with Crippen molar-refractivity contribution < 1.29 is 9.59 Å². The van der Waals surface area contributed by atoms with E-state index >= 15 is 0 Å². The molecule has 5 nitrogen and oxygen atoms in total. The Kier molecular flexibility index (Phi) is 4.96. The van der Waals surface area contributed by atoms with E-state index in [1.165, 1.54) is 5.56 Å². The molecule has 2 heterocycles. The van der Waals surface area contributed by atoms with Gasteiger partial charge < -0.3 is 10.6 Å². The lowest BCUT2D eigenvalue weighted by Gasteiger charge is -2.39. The van der Waals surface area contributed by atoms with Crippen LogP contribution in [0.1, 0.15) is 37.3 Å². The highest BCUT2D eigenvalue weighted by molar-refractivity contribution is 5.90. The van der Waals surface area contributed by atoms with Crippen LogP contribution < -0.4 is 10.6 Å². The van der Waals surface area contributed by atoms with Crippen molar-refractivity contribution in [1.29, 1.82) is 0 Å². The Balaban J connectivity index is 1.63. The maximum absolute atomic E-state index is 12.2. The van der Waals surface area contributed by atoms with Crippen molar-refractivity contribution in [2.45, 2.75) is 37.8 Å². The molecule has 124 valence electrons. The van der Waals surface area contributed by atoms with E-state index in [0.717, 1.165) is 19.4 Å². The molecule has 0 radical (unpaired) electrons. The second kappa shape index (κ2) is 7.13. The summed E-state index contributed by atoms with van der Waals surface area (Å²) in [4.78, 5) is 25.8. The first-order valence-corrected chi connectivity index (χ1v) is 8.47. The standard InChI is InChI=1S/C18H25N3O2/c1-21-11-5-8-14(17(21)13-6-3-2-4-7-13)12-19-18(23)15-9-10-16(22)20-15/h2-4,6-7,14-15,17H,5,8-12H2,1H3,(H,19,23)(H,20,22)/t14-,15+,17-/m1/s1. The van der Waals surface area contributed by atoms with E-state index < -0.39 is 0 Å². The molecule has 2 aliphatic rings. The summed E-state index contributed by atoms with van der Waals surface area (Å²) in [5, 5.41) is 5.79. The van der Waals surface area contributed by atoms with E-state index in [4.69, 9.17) is 0 Å². The van der Waals surface area contributed by atoms with E-state index in [1.54, 1.807) is 0 Å². The van der Waals surface area contributed by atoms with E-state index in [-0.39, 0.29) is 17.9 Å². The minimum absolute atomic E-state index is 0.0234. The Labute approximate surface area is 137 Å². The van der Waals surface area contributed by atoms with Crippen LogP contribution in [0.25, 0.3) is 0 Å². The van der Waals surface area contributed by atoms with Crippen molar-refractivity contribution in [3.63, 3.8) is 0 Å². The molecule has 0 saturated carbocycles. The van der Waals surface area contributed by atoms with Crippen molar-refractivity contribution in [2.24, 2.45) is 5.92 Å². The molecule has 2 amide bonds. The summed E-state index contributed by atoms with van der Waals surface area (Å²) in [6.07, 6.45) is 3.33. The lowest BCUT2D eigenvalue weighted by Crippen LogP contribution is -2.46. The number of nitrogens with one attached hydrogen (secondary N) is 2. The monoisotopic (exact) mass is 315 g/mol. The fourth-order valence-electron chi connectivity index (χ4n) is 3.82. The Morgan fingerprint density at radius 1 is 1.30 bits per heavy atom. The van der Waals surface area contributed by atoms with Gasteiger partial charge in [-0.15, -0.1) is 0 Å². The van der Waals surface area contributed by atoms with Gasteiger partial charge in [-0.2, -0.15) is 0 Å². The lowest BCUT2D eigenvalue weighted by molar-refractivity contribution is -0.126. The van der Waals surface area contributed by atoms with E-state index in [0.29, 0.717) is 31.3 Å². The fourth-order valence-corrected chi connectivity index (χ4v) is 3.82. The Morgan fingerprint density at radius 3 is 2.78 bits per heavy atom. The summed E-state index contributed by atoms with van der Waals surface area (Å²) in [5.74, 6) is 0.331. The first-order chi connectivity index (χ1) is 11.1. The number of carbonyl (C=O) groups excluding carboxylic acids is 2. The molecule has 1 aromatic carbocycles. The van der Waals surface area contributed by atoms with Gasteiger partial charge in [0, 0.05) is 19.0 Å². The van der Waals surface area contributed by atoms with E-state index in [9.17, 15) is 9.59 Å². The first kappa shape index (κ1) is 16.0. The van der Waals surface area contributed by atoms with Gasteiger partial charge in [0.25, 0.3) is 0 Å². The van der Waals surface area contributed by atoms with Crippen LogP contribution in [0.3, 0.4) is 0 Å². The van der Waals surface area contributed by atoms with Crippen molar-refractivity contribution in [3.8, 4) is 0 Å². The van der Waals surface area contributed by atoms with Crippen molar-refractivity contribution in [3.05, 3.63) is 35.9 Å². The molecule has 0 unspecified atom stereocenters. The molecular formula is C18H25N3O2. The third-order valence-electron chi connectivity index (χ3n) is 5.00. The molecule has 23 heavy (non-hydrogen) atoms.